The minimum absolute atomic E-state index is 0.230. The van der Waals surface area contributed by atoms with Crippen LogP contribution in [-0.2, 0) is 5.41 Å². The maximum absolute atomic E-state index is 11.1. The highest BCUT2D eigenvalue weighted by Crippen LogP contribution is 2.24. The molecule has 100 valence electrons. The summed E-state index contributed by atoms with van der Waals surface area (Å²) in [5, 5.41) is 18.1. The number of aromatic amines is 1. The Kier molecular flexibility index (Phi) is 2.81. The van der Waals surface area contributed by atoms with Crippen LogP contribution in [0.4, 0.5) is 0 Å². The summed E-state index contributed by atoms with van der Waals surface area (Å²) in [7, 11) is 0. The molecule has 0 aliphatic rings. The Morgan fingerprint density at radius 2 is 1.63 bits per heavy atom. The molecule has 2 aromatic rings. The number of hydrogen-bond donors (Lipinski definition) is 3. The second-order valence-electron chi connectivity index (χ2n) is 5.36. The highest BCUT2D eigenvalue weighted by molar-refractivity contribution is 6.05. The average molecular weight is 262 g/mol. The molecule has 0 saturated carbocycles. The molecule has 0 saturated heterocycles. The minimum Gasteiger partial charge on any atom is -0.478 e. The van der Waals surface area contributed by atoms with Gasteiger partial charge in [-0.2, -0.15) is 0 Å². The molecule has 0 aliphatic carbocycles. The number of nitrogens with zero attached hydrogens (tertiary/aromatic N) is 1. The van der Waals surface area contributed by atoms with Gasteiger partial charge in [0, 0.05) is 5.41 Å². The van der Waals surface area contributed by atoms with Gasteiger partial charge in [-0.3, -0.25) is 0 Å². The third-order valence-electron chi connectivity index (χ3n) is 2.79. The molecular formula is C13H14N2O4. The largest absolute Gasteiger partial charge is 0.478 e. The molecule has 1 aromatic heterocycles. The maximum Gasteiger partial charge on any atom is 0.336 e. The topological polar surface area (TPSA) is 103 Å². The maximum atomic E-state index is 11.1. The molecule has 0 aliphatic heterocycles. The molecule has 6 nitrogen and oxygen atoms in total. The first-order valence-electron chi connectivity index (χ1n) is 5.71. The van der Waals surface area contributed by atoms with Crippen LogP contribution in [0.15, 0.2) is 12.1 Å². The number of benzene rings is 1. The third kappa shape index (κ3) is 2.29. The number of fused-ring (bicyclic) bond motifs is 1. The SMILES string of the molecule is CC(C)(C)c1nc2cc(C(=O)O)c(C(=O)O)cc2[nH]1. The van der Waals surface area contributed by atoms with Gasteiger partial charge < -0.3 is 15.2 Å². The summed E-state index contributed by atoms with van der Waals surface area (Å²) in [5.41, 5.74) is 0.238. The Balaban J connectivity index is 2.74. The van der Waals surface area contributed by atoms with E-state index in [9.17, 15) is 9.59 Å². The molecule has 1 heterocycles. The van der Waals surface area contributed by atoms with Crippen molar-refractivity contribution in [1.82, 2.24) is 9.97 Å². The lowest BCUT2D eigenvalue weighted by Gasteiger charge is -2.13. The van der Waals surface area contributed by atoms with Gasteiger partial charge in [0.2, 0.25) is 0 Å². The van der Waals surface area contributed by atoms with Gasteiger partial charge in [0.25, 0.3) is 0 Å². The van der Waals surface area contributed by atoms with Crippen LogP contribution in [0.5, 0.6) is 0 Å². The van der Waals surface area contributed by atoms with E-state index in [2.05, 4.69) is 9.97 Å². The average Bonchev–Trinajstić information content (AvgIpc) is 2.69. The van der Waals surface area contributed by atoms with Crippen LogP contribution in [0.25, 0.3) is 11.0 Å². The molecule has 0 bridgehead atoms. The van der Waals surface area contributed by atoms with Crippen LogP contribution < -0.4 is 0 Å². The van der Waals surface area contributed by atoms with Gasteiger partial charge in [0.1, 0.15) is 5.82 Å². The van der Waals surface area contributed by atoms with Crippen molar-refractivity contribution in [3.63, 3.8) is 0 Å². The monoisotopic (exact) mass is 262 g/mol. The lowest BCUT2D eigenvalue weighted by Crippen LogP contribution is -2.12. The number of H-pyrrole nitrogens is 1. The first-order chi connectivity index (χ1) is 8.70. The van der Waals surface area contributed by atoms with Gasteiger partial charge in [-0.15, -0.1) is 0 Å². The molecule has 1 aromatic carbocycles. The fourth-order valence-corrected chi connectivity index (χ4v) is 1.77. The van der Waals surface area contributed by atoms with Crippen LogP contribution in [0.2, 0.25) is 0 Å². The summed E-state index contributed by atoms with van der Waals surface area (Å²) in [6, 6.07) is 2.59. The van der Waals surface area contributed by atoms with Crippen molar-refractivity contribution in [1.29, 1.82) is 0 Å². The molecule has 0 spiro atoms. The number of aromatic nitrogens is 2. The molecule has 2 rings (SSSR count). The Bertz CT molecular complexity index is 629. The highest BCUT2D eigenvalue weighted by Gasteiger charge is 2.22. The van der Waals surface area contributed by atoms with E-state index in [0.717, 1.165) is 0 Å². The first kappa shape index (κ1) is 13.1. The molecule has 19 heavy (non-hydrogen) atoms. The zero-order valence-electron chi connectivity index (χ0n) is 10.8. The Hall–Kier alpha value is -2.37. The molecule has 0 fully saturated rings. The molecular weight excluding hydrogens is 248 g/mol. The predicted octanol–water partition coefficient (Wildman–Crippen LogP) is 2.26. The van der Waals surface area contributed by atoms with E-state index < -0.39 is 11.9 Å². The number of carboxylic acid groups (broad SMARTS) is 2. The van der Waals surface area contributed by atoms with E-state index in [4.69, 9.17) is 10.2 Å². The van der Waals surface area contributed by atoms with Crippen molar-refractivity contribution >= 4 is 23.0 Å². The van der Waals surface area contributed by atoms with Gasteiger partial charge in [0.15, 0.2) is 0 Å². The van der Waals surface area contributed by atoms with Gasteiger partial charge in [-0.05, 0) is 12.1 Å². The van der Waals surface area contributed by atoms with Gasteiger partial charge in [-0.1, -0.05) is 20.8 Å². The fourth-order valence-electron chi connectivity index (χ4n) is 1.77. The summed E-state index contributed by atoms with van der Waals surface area (Å²) < 4.78 is 0. The molecule has 0 radical (unpaired) electrons. The lowest BCUT2D eigenvalue weighted by atomic mass is 9.96. The summed E-state index contributed by atoms with van der Waals surface area (Å²) in [5.74, 6) is -1.87. The molecule has 3 N–H and O–H groups in total. The van der Waals surface area contributed by atoms with Gasteiger partial charge >= 0.3 is 11.9 Å². The minimum atomic E-state index is -1.28. The van der Waals surface area contributed by atoms with Crippen LogP contribution >= 0.6 is 0 Å². The first-order valence-corrected chi connectivity index (χ1v) is 5.71. The summed E-state index contributed by atoms with van der Waals surface area (Å²) in [6.07, 6.45) is 0. The highest BCUT2D eigenvalue weighted by atomic mass is 16.4. The van der Waals surface area contributed by atoms with E-state index in [0.29, 0.717) is 16.9 Å². The van der Waals surface area contributed by atoms with Gasteiger partial charge in [0.05, 0.1) is 22.2 Å². The van der Waals surface area contributed by atoms with Crippen LogP contribution in [0, 0.1) is 0 Å². The van der Waals surface area contributed by atoms with Crippen LogP contribution in [-0.4, -0.2) is 32.1 Å². The smallest absolute Gasteiger partial charge is 0.336 e. The second-order valence-corrected chi connectivity index (χ2v) is 5.36. The second kappa shape index (κ2) is 4.08. The molecule has 6 heteroatoms. The number of imidazole rings is 1. The summed E-state index contributed by atoms with van der Waals surface area (Å²) in [6.45, 7) is 5.88. The van der Waals surface area contributed by atoms with E-state index in [1.807, 2.05) is 20.8 Å². The summed E-state index contributed by atoms with van der Waals surface area (Å²) >= 11 is 0. The molecule has 0 amide bonds. The number of aromatic carboxylic acids is 2. The number of hydrogen-bond acceptors (Lipinski definition) is 3. The quantitative estimate of drug-likeness (QED) is 0.770. The standard InChI is InChI=1S/C13H14N2O4/c1-13(2,3)12-14-8-4-6(10(16)17)7(11(18)19)5-9(8)15-12/h4-5H,1-3H3,(H,14,15)(H,16,17)(H,18,19). The number of rotatable bonds is 2. The van der Waals surface area contributed by atoms with Crippen molar-refractivity contribution in [2.75, 3.05) is 0 Å². The Labute approximate surface area is 109 Å². The zero-order chi connectivity index (χ0) is 14.4. The Morgan fingerprint density at radius 3 is 2.11 bits per heavy atom. The van der Waals surface area contributed by atoms with Crippen LogP contribution in [0.3, 0.4) is 0 Å². The molecule has 0 atom stereocenters. The number of carboxylic acids is 2. The predicted molar refractivity (Wildman–Crippen MR) is 68.7 cm³/mol. The number of carbonyl (C=O) groups is 2. The van der Waals surface area contributed by atoms with E-state index in [1.165, 1.54) is 12.1 Å². The third-order valence-corrected chi connectivity index (χ3v) is 2.79. The van der Waals surface area contributed by atoms with E-state index in [-0.39, 0.29) is 16.5 Å². The number of nitrogens with one attached hydrogen (secondary N) is 1. The van der Waals surface area contributed by atoms with Crippen molar-refractivity contribution < 1.29 is 19.8 Å². The van der Waals surface area contributed by atoms with Crippen molar-refractivity contribution in [2.45, 2.75) is 26.2 Å². The van der Waals surface area contributed by atoms with E-state index in [1.54, 1.807) is 0 Å². The Morgan fingerprint density at radius 1 is 1.11 bits per heavy atom. The van der Waals surface area contributed by atoms with Crippen molar-refractivity contribution in [3.05, 3.63) is 29.1 Å². The van der Waals surface area contributed by atoms with Crippen molar-refractivity contribution in [2.24, 2.45) is 0 Å². The van der Waals surface area contributed by atoms with E-state index >= 15 is 0 Å². The van der Waals surface area contributed by atoms with Gasteiger partial charge in [-0.25, -0.2) is 14.6 Å². The lowest BCUT2D eigenvalue weighted by molar-refractivity contribution is 0.0652. The fraction of sp³-hybridized carbons (Fsp3) is 0.308. The summed E-state index contributed by atoms with van der Waals surface area (Å²) in [4.78, 5) is 29.5. The normalized spacial score (nSPS) is 11.7. The molecule has 0 unspecified atom stereocenters. The zero-order valence-corrected chi connectivity index (χ0v) is 10.8. The van der Waals surface area contributed by atoms with Crippen LogP contribution in [0.1, 0.15) is 47.3 Å². The van der Waals surface area contributed by atoms with Crippen molar-refractivity contribution in [3.8, 4) is 0 Å².